The number of ether oxygens (including phenoxy) is 1. The van der Waals surface area contributed by atoms with Gasteiger partial charge in [0.2, 0.25) is 5.95 Å². The van der Waals surface area contributed by atoms with Crippen LogP contribution in [0.1, 0.15) is 28.8 Å². The molecular formula is C15H16N6OS. The van der Waals surface area contributed by atoms with E-state index in [1.807, 2.05) is 19.2 Å². The van der Waals surface area contributed by atoms with Gasteiger partial charge in [0.15, 0.2) is 5.13 Å². The van der Waals surface area contributed by atoms with Crippen LogP contribution in [0.2, 0.25) is 0 Å². The molecule has 1 atom stereocenters. The molecule has 3 aromatic rings. The summed E-state index contributed by atoms with van der Waals surface area (Å²) in [6, 6.07) is 1.87. The maximum absolute atomic E-state index is 5.57. The molecule has 0 amide bonds. The molecule has 2 N–H and O–H groups in total. The van der Waals surface area contributed by atoms with E-state index in [1.54, 1.807) is 24.6 Å². The molecule has 3 aromatic heterocycles. The van der Waals surface area contributed by atoms with Gasteiger partial charge in [0.05, 0.1) is 23.7 Å². The van der Waals surface area contributed by atoms with Crippen molar-refractivity contribution < 1.29 is 4.74 Å². The summed E-state index contributed by atoms with van der Waals surface area (Å²) in [6.45, 7) is 1.94. The van der Waals surface area contributed by atoms with E-state index < -0.39 is 0 Å². The summed E-state index contributed by atoms with van der Waals surface area (Å²) in [7, 11) is 1.73. The van der Waals surface area contributed by atoms with Crippen LogP contribution in [0.25, 0.3) is 11.3 Å². The van der Waals surface area contributed by atoms with Gasteiger partial charge in [-0.15, -0.1) is 11.3 Å². The number of nitrogens with zero attached hydrogens (tertiary/aromatic N) is 4. The zero-order valence-corrected chi connectivity index (χ0v) is 13.6. The molecule has 0 saturated heterocycles. The van der Waals surface area contributed by atoms with E-state index in [1.165, 1.54) is 4.88 Å². The fourth-order valence-electron chi connectivity index (χ4n) is 2.76. The molecule has 1 aliphatic rings. The van der Waals surface area contributed by atoms with E-state index in [-0.39, 0.29) is 6.10 Å². The molecule has 4 rings (SSSR count). The molecule has 0 fully saturated rings. The van der Waals surface area contributed by atoms with Crippen LogP contribution in [0.15, 0.2) is 18.5 Å². The Balaban J connectivity index is 1.70. The van der Waals surface area contributed by atoms with Crippen LogP contribution >= 0.6 is 11.3 Å². The number of hydrogen-bond acceptors (Lipinski definition) is 7. The third-order valence-electron chi connectivity index (χ3n) is 3.87. The fourth-order valence-corrected chi connectivity index (χ4v) is 3.75. The number of aromatic nitrogens is 5. The molecule has 8 heteroatoms. The molecule has 0 bridgehead atoms. The molecule has 0 spiro atoms. The van der Waals surface area contributed by atoms with Crippen molar-refractivity contribution in [3.8, 4) is 11.3 Å². The second-order valence-electron chi connectivity index (χ2n) is 5.40. The molecule has 1 aliphatic carbocycles. The minimum atomic E-state index is 0.0328. The molecule has 23 heavy (non-hydrogen) atoms. The van der Waals surface area contributed by atoms with Crippen molar-refractivity contribution >= 4 is 22.4 Å². The van der Waals surface area contributed by atoms with Gasteiger partial charge in [-0.25, -0.2) is 15.0 Å². The molecule has 118 valence electrons. The first kappa shape index (κ1) is 14.3. The summed E-state index contributed by atoms with van der Waals surface area (Å²) >= 11 is 1.63. The Hall–Kier alpha value is -2.32. The standard InChI is InChI=1S/C15H16N6OS/c1-8-5-6-16-14(18-8)20-15-19-13-9-7-17-21-12(9)10(22-2)3-4-11(13)23-15/h5-7,10H,3-4H2,1-2H3,(H,17,21)(H,16,18,19,20). The molecule has 0 saturated carbocycles. The number of aryl methyl sites for hydroxylation is 2. The highest BCUT2D eigenvalue weighted by atomic mass is 32.1. The molecule has 1 unspecified atom stereocenters. The number of methoxy groups -OCH3 is 1. The zero-order chi connectivity index (χ0) is 15.8. The van der Waals surface area contributed by atoms with Crippen molar-refractivity contribution in [2.45, 2.75) is 25.9 Å². The number of nitrogens with one attached hydrogen (secondary N) is 2. The van der Waals surface area contributed by atoms with Gasteiger partial charge >= 0.3 is 0 Å². The Morgan fingerprint density at radius 2 is 2.30 bits per heavy atom. The minimum absolute atomic E-state index is 0.0328. The van der Waals surface area contributed by atoms with Crippen LogP contribution in [0, 0.1) is 6.92 Å². The van der Waals surface area contributed by atoms with E-state index >= 15 is 0 Å². The van der Waals surface area contributed by atoms with Crippen molar-refractivity contribution in [1.29, 1.82) is 0 Å². The Morgan fingerprint density at radius 3 is 3.13 bits per heavy atom. The highest BCUT2D eigenvalue weighted by molar-refractivity contribution is 7.16. The van der Waals surface area contributed by atoms with E-state index in [0.717, 1.165) is 40.6 Å². The number of hydrogen-bond donors (Lipinski definition) is 2. The van der Waals surface area contributed by atoms with Crippen molar-refractivity contribution in [2.24, 2.45) is 0 Å². The lowest BCUT2D eigenvalue weighted by Gasteiger charge is -2.11. The first-order valence-corrected chi connectivity index (χ1v) is 8.19. The Bertz CT molecular complexity index is 842. The minimum Gasteiger partial charge on any atom is -0.375 e. The van der Waals surface area contributed by atoms with Crippen molar-refractivity contribution in [3.05, 3.63) is 34.7 Å². The second kappa shape index (κ2) is 5.71. The summed E-state index contributed by atoms with van der Waals surface area (Å²) in [6.07, 6.45) is 5.41. The van der Waals surface area contributed by atoms with E-state index in [2.05, 4.69) is 25.5 Å². The summed E-state index contributed by atoms with van der Waals surface area (Å²) in [4.78, 5) is 14.5. The lowest BCUT2D eigenvalue weighted by molar-refractivity contribution is 0.0936. The van der Waals surface area contributed by atoms with Crippen LogP contribution in [-0.2, 0) is 11.2 Å². The molecular weight excluding hydrogens is 312 g/mol. The van der Waals surface area contributed by atoms with Gasteiger partial charge in [0.1, 0.15) is 0 Å². The zero-order valence-electron chi connectivity index (χ0n) is 12.8. The average molecular weight is 328 g/mol. The van der Waals surface area contributed by atoms with E-state index in [4.69, 9.17) is 9.72 Å². The van der Waals surface area contributed by atoms with Crippen LogP contribution in [-0.4, -0.2) is 32.3 Å². The van der Waals surface area contributed by atoms with Gasteiger partial charge in [-0.2, -0.15) is 5.10 Å². The SMILES string of the molecule is COC1CCc2sc(Nc3nccc(C)n3)nc2-c2cn[nH]c21. The quantitative estimate of drug-likeness (QED) is 0.768. The predicted molar refractivity (Wildman–Crippen MR) is 87.8 cm³/mol. The molecule has 7 nitrogen and oxygen atoms in total. The van der Waals surface area contributed by atoms with Crippen LogP contribution < -0.4 is 5.32 Å². The first-order valence-electron chi connectivity index (χ1n) is 7.37. The average Bonchev–Trinajstić information content (AvgIpc) is 3.13. The molecule has 0 radical (unpaired) electrons. The predicted octanol–water partition coefficient (Wildman–Crippen LogP) is 3.01. The number of H-pyrrole nitrogens is 1. The van der Waals surface area contributed by atoms with Crippen LogP contribution in [0.4, 0.5) is 11.1 Å². The number of thiazole rings is 1. The Labute approximate surface area is 137 Å². The highest BCUT2D eigenvalue weighted by Crippen LogP contribution is 2.40. The highest BCUT2D eigenvalue weighted by Gasteiger charge is 2.27. The van der Waals surface area contributed by atoms with Gasteiger partial charge in [0.25, 0.3) is 0 Å². The second-order valence-corrected chi connectivity index (χ2v) is 6.48. The first-order chi connectivity index (χ1) is 11.2. The normalized spacial score (nSPS) is 16.5. The summed E-state index contributed by atoms with van der Waals surface area (Å²) in [5.74, 6) is 0.566. The van der Waals surface area contributed by atoms with Gasteiger partial charge in [-0.3, -0.25) is 5.10 Å². The number of aromatic amines is 1. The van der Waals surface area contributed by atoms with E-state index in [0.29, 0.717) is 5.95 Å². The molecule has 3 heterocycles. The van der Waals surface area contributed by atoms with Crippen molar-refractivity contribution in [2.75, 3.05) is 12.4 Å². The summed E-state index contributed by atoms with van der Waals surface area (Å²) < 4.78 is 5.57. The van der Waals surface area contributed by atoms with Crippen molar-refractivity contribution in [1.82, 2.24) is 25.1 Å². The maximum atomic E-state index is 5.57. The molecule has 0 aromatic carbocycles. The smallest absolute Gasteiger partial charge is 0.229 e. The maximum Gasteiger partial charge on any atom is 0.229 e. The van der Waals surface area contributed by atoms with Crippen molar-refractivity contribution in [3.63, 3.8) is 0 Å². The Kier molecular flexibility index (Phi) is 3.55. The topological polar surface area (TPSA) is 88.6 Å². The number of rotatable bonds is 3. The number of fused-ring (bicyclic) bond motifs is 3. The third kappa shape index (κ3) is 2.60. The fraction of sp³-hybridized carbons (Fsp3) is 0.333. The van der Waals surface area contributed by atoms with Gasteiger partial charge < -0.3 is 10.1 Å². The summed E-state index contributed by atoms with van der Waals surface area (Å²) in [5.41, 5.74) is 3.89. The Morgan fingerprint density at radius 1 is 1.39 bits per heavy atom. The van der Waals surface area contributed by atoms with Gasteiger partial charge in [-0.05, 0) is 25.8 Å². The van der Waals surface area contributed by atoms with E-state index in [9.17, 15) is 0 Å². The van der Waals surface area contributed by atoms with Gasteiger partial charge in [-0.1, -0.05) is 0 Å². The third-order valence-corrected chi connectivity index (χ3v) is 4.91. The monoisotopic (exact) mass is 328 g/mol. The van der Waals surface area contributed by atoms with Gasteiger partial charge in [0, 0.05) is 29.4 Å². The largest absolute Gasteiger partial charge is 0.375 e. The van der Waals surface area contributed by atoms with Crippen LogP contribution in [0.3, 0.4) is 0 Å². The lowest BCUT2D eigenvalue weighted by atomic mass is 10.1. The van der Waals surface area contributed by atoms with Crippen LogP contribution in [0.5, 0.6) is 0 Å². The number of anilines is 2. The lowest BCUT2D eigenvalue weighted by Crippen LogP contribution is -2.02. The summed E-state index contributed by atoms with van der Waals surface area (Å²) in [5, 5.41) is 11.2. The molecule has 0 aliphatic heterocycles.